The Kier molecular flexibility index (Phi) is 4.53. The zero-order valence-electron chi connectivity index (χ0n) is 10.5. The fourth-order valence-electron chi connectivity index (χ4n) is 1.53. The van der Waals surface area contributed by atoms with Crippen LogP contribution in [0.1, 0.15) is 22.3 Å². The van der Waals surface area contributed by atoms with Gasteiger partial charge in [0.25, 0.3) is 5.91 Å². The van der Waals surface area contributed by atoms with Gasteiger partial charge in [0.1, 0.15) is 12.1 Å². The third-order valence-corrected chi connectivity index (χ3v) is 2.47. The van der Waals surface area contributed by atoms with Crippen molar-refractivity contribution < 1.29 is 18.7 Å². The Morgan fingerprint density at radius 2 is 2.25 bits per heavy atom. The lowest BCUT2D eigenvalue weighted by molar-refractivity contribution is 0.102. The molecule has 2 N–H and O–H groups in total. The van der Waals surface area contributed by atoms with Gasteiger partial charge >= 0.3 is 0 Å². The molecule has 0 aliphatic rings. The smallest absolute Gasteiger partial charge is 0.258 e. The Bertz CT molecular complexity index is 653. The van der Waals surface area contributed by atoms with Crippen LogP contribution in [-0.2, 0) is 0 Å². The first-order valence-electron chi connectivity index (χ1n) is 5.93. The van der Waals surface area contributed by atoms with Crippen molar-refractivity contribution in [2.24, 2.45) is 0 Å². The van der Waals surface area contributed by atoms with Crippen molar-refractivity contribution in [3.8, 4) is 11.8 Å². The number of hydrogen-bond donors (Lipinski definition) is 2. The second-order valence-electron chi connectivity index (χ2n) is 3.93. The van der Waals surface area contributed by atoms with Gasteiger partial charge in [0.2, 0.25) is 0 Å². The highest BCUT2D eigenvalue weighted by atomic mass is 19.1. The molecule has 5 heteroatoms. The SMILES string of the molecule is O=C(Nc1ccc(F)cc1C#CCCO)c1ccoc1. The van der Waals surface area contributed by atoms with Gasteiger partial charge in [-0.1, -0.05) is 11.8 Å². The predicted molar refractivity (Wildman–Crippen MR) is 71.6 cm³/mol. The summed E-state index contributed by atoms with van der Waals surface area (Å²) < 4.78 is 18.0. The number of benzene rings is 1. The van der Waals surface area contributed by atoms with Gasteiger partial charge in [0.05, 0.1) is 29.7 Å². The quantitative estimate of drug-likeness (QED) is 0.844. The van der Waals surface area contributed by atoms with Crippen molar-refractivity contribution >= 4 is 11.6 Å². The van der Waals surface area contributed by atoms with Crippen LogP contribution in [0.25, 0.3) is 0 Å². The molecule has 0 bridgehead atoms. The van der Waals surface area contributed by atoms with Crippen LogP contribution in [0, 0.1) is 17.7 Å². The molecule has 1 aromatic carbocycles. The maximum Gasteiger partial charge on any atom is 0.258 e. The molecule has 0 aliphatic carbocycles. The molecule has 4 nitrogen and oxygen atoms in total. The average Bonchev–Trinajstić information content (AvgIpc) is 2.96. The normalized spacial score (nSPS) is 9.70. The zero-order valence-corrected chi connectivity index (χ0v) is 10.5. The number of aliphatic hydroxyl groups excluding tert-OH is 1. The molecule has 0 saturated heterocycles. The van der Waals surface area contributed by atoms with Crippen LogP contribution in [0.4, 0.5) is 10.1 Å². The number of nitrogens with one attached hydrogen (secondary N) is 1. The first kappa shape index (κ1) is 13.8. The summed E-state index contributed by atoms with van der Waals surface area (Å²) >= 11 is 0. The molecular formula is C15H12FNO3. The van der Waals surface area contributed by atoms with Crippen LogP contribution in [0.5, 0.6) is 0 Å². The Balaban J connectivity index is 2.23. The van der Waals surface area contributed by atoms with Crippen LogP contribution < -0.4 is 5.32 Å². The van der Waals surface area contributed by atoms with E-state index in [2.05, 4.69) is 17.2 Å². The van der Waals surface area contributed by atoms with Crippen molar-refractivity contribution in [2.45, 2.75) is 6.42 Å². The third-order valence-electron chi connectivity index (χ3n) is 2.47. The maximum absolute atomic E-state index is 13.2. The largest absolute Gasteiger partial charge is 0.472 e. The molecule has 1 aromatic heterocycles. The third kappa shape index (κ3) is 3.46. The average molecular weight is 273 g/mol. The summed E-state index contributed by atoms with van der Waals surface area (Å²) in [5.41, 5.74) is 1.13. The van der Waals surface area contributed by atoms with Crippen LogP contribution in [-0.4, -0.2) is 17.6 Å². The summed E-state index contributed by atoms with van der Waals surface area (Å²) in [5, 5.41) is 11.3. The van der Waals surface area contributed by atoms with Gasteiger partial charge in [-0.05, 0) is 24.3 Å². The molecule has 0 aliphatic heterocycles. The zero-order chi connectivity index (χ0) is 14.4. The van der Waals surface area contributed by atoms with E-state index < -0.39 is 5.82 Å². The number of aliphatic hydroxyl groups is 1. The van der Waals surface area contributed by atoms with Crippen molar-refractivity contribution in [1.82, 2.24) is 0 Å². The van der Waals surface area contributed by atoms with E-state index in [0.29, 0.717) is 16.8 Å². The van der Waals surface area contributed by atoms with Crippen LogP contribution in [0.3, 0.4) is 0 Å². The standard InChI is InChI=1S/C15H12FNO3/c16-13-4-5-14(11(9-13)3-1-2-7-18)17-15(19)12-6-8-20-10-12/h4-6,8-10,18H,2,7H2,(H,17,19). The lowest BCUT2D eigenvalue weighted by atomic mass is 10.1. The first-order chi connectivity index (χ1) is 9.70. The molecule has 20 heavy (non-hydrogen) atoms. The summed E-state index contributed by atoms with van der Waals surface area (Å²) in [7, 11) is 0. The van der Waals surface area contributed by atoms with Gasteiger partial charge in [0, 0.05) is 6.42 Å². The van der Waals surface area contributed by atoms with Crippen molar-refractivity contribution in [1.29, 1.82) is 0 Å². The number of halogens is 1. The fraction of sp³-hybridized carbons (Fsp3) is 0.133. The molecule has 0 radical (unpaired) electrons. The monoisotopic (exact) mass is 273 g/mol. The Morgan fingerprint density at radius 1 is 1.40 bits per heavy atom. The van der Waals surface area contributed by atoms with Crippen LogP contribution >= 0.6 is 0 Å². The van der Waals surface area contributed by atoms with Gasteiger partial charge in [0.15, 0.2) is 0 Å². The van der Waals surface area contributed by atoms with Gasteiger partial charge < -0.3 is 14.8 Å². The summed E-state index contributed by atoms with van der Waals surface area (Å²) in [6.07, 6.45) is 2.99. The number of carbonyl (C=O) groups is 1. The molecule has 0 atom stereocenters. The molecule has 1 heterocycles. The number of furan rings is 1. The van der Waals surface area contributed by atoms with E-state index in [1.807, 2.05) is 0 Å². The van der Waals surface area contributed by atoms with Crippen molar-refractivity contribution in [3.63, 3.8) is 0 Å². The van der Waals surface area contributed by atoms with E-state index in [-0.39, 0.29) is 18.9 Å². The van der Waals surface area contributed by atoms with Crippen molar-refractivity contribution in [3.05, 3.63) is 53.7 Å². The Hall–Kier alpha value is -2.58. The fourth-order valence-corrected chi connectivity index (χ4v) is 1.53. The van der Waals surface area contributed by atoms with Gasteiger partial charge in [-0.15, -0.1) is 0 Å². The van der Waals surface area contributed by atoms with E-state index in [4.69, 9.17) is 9.52 Å². The molecule has 2 aromatic rings. The number of anilines is 1. The molecule has 0 unspecified atom stereocenters. The van der Waals surface area contributed by atoms with E-state index in [9.17, 15) is 9.18 Å². The topological polar surface area (TPSA) is 62.5 Å². The summed E-state index contributed by atoms with van der Waals surface area (Å²) in [6.45, 7) is -0.0704. The molecule has 0 spiro atoms. The highest BCUT2D eigenvalue weighted by molar-refractivity contribution is 6.04. The van der Waals surface area contributed by atoms with Crippen LogP contribution in [0.15, 0.2) is 41.2 Å². The highest BCUT2D eigenvalue weighted by Gasteiger charge is 2.10. The number of carbonyl (C=O) groups excluding carboxylic acids is 1. The second-order valence-corrected chi connectivity index (χ2v) is 3.93. The first-order valence-corrected chi connectivity index (χ1v) is 5.93. The minimum atomic E-state index is -0.445. The summed E-state index contributed by atoms with van der Waals surface area (Å²) in [4.78, 5) is 11.9. The molecule has 0 fully saturated rings. The molecular weight excluding hydrogens is 261 g/mol. The number of hydrogen-bond acceptors (Lipinski definition) is 3. The molecule has 1 amide bonds. The number of amides is 1. The Morgan fingerprint density at radius 3 is 2.95 bits per heavy atom. The molecule has 2 rings (SSSR count). The minimum Gasteiger partial charge on any atom is -0.472 e. The minimum absolute atomic E-state index is 0.0704. The van der Waals surface area contributed by atoms with E-state index >= 15 is 0 Å². The predicted octanol–water partition coefficient (Wildman–Crippen LogP) is 2.40. The summed E-state index contributed by atoms with van der Waals surface area (Å²) in [6, 6.07) is 5.43. The number of rotatable bonds is 3. The Labute approximate surface area is 115 Å². The lowest BCUT2D eigenvalue weighted by Gasteiger charge is -2.06. The van der Waals surface area contributed by atoms with Gasteiger partial charge in [-0.25, -0.2) is 4.39 Å². The van der Waals surface area contributed by atoms with E-state index in [1.54, 1.807) is 0 Å². The second kappa shape index (κ2) is 6.55. The van der Waals surface area contributed by atoms with Gasteiger partial charge in [-0.3, -0.25) is 4.79 Å². The highest BCUT2D eigenvalue weighted by Crippen LogP contribution is 2.17. The maximum atomic E-state index is 13.2. The molecule has 0 saturated carbocycles. The van der Waals surface area contributed by atoms with Crippen molar-refractivity contribution in [2.75, 3.05) is 11.9 Å². The van der Waals surface area contributed by atoms with Crippen LogP contribution in [0.2, 0.25) is 0 Å². The summed E-state index contributed by atoms with van der Waals surface area (Å²) in [5.74, 6) is 4.60. The molecule has 102 valence electrons. The van der Waals surface area contributed by atoms with Gasteiger partial charge in [-0.2, -0.15) is 0 Å². The lowest BCUT2D eigenvalue weighted by Crippen LogP contribution is -2.12. The van der Waals surface area contributed by atoms with E-state index in [0.717, 1.165) is 0 Å². The van der Waals surface area contributed by atoms with E-state index in [1.165, 1.54) is 36.8 Å².